The van der Waals surface area contributed by atoms with Gasteiger partial charge in [-0.3, -0.25) is 0 Å². The normalized spacial score (nSPS) is 12.9. The van der Waals surface area contributed by atoms with Gasteiger partial charge in [0.05, 0.1) is 19.0 Å². The molecular weight excluding hydrogens is 242 g/mol. The van der Waals surface area contributed by atoms with Gasteiger partial charge in [-0.1, -0.05) is 17.7 Å². The number of rotatable bonds is 2. The van der Waals surface area contributed by atoms with Crippen molar-refractivity contribution >= 4 is 10.1 Å². The van der Waals surface area contributed by atoms with Crippen LogP contribution in [0.1, 0.15) is 12.5 Å². The van der Waals surface area contributed by atoms with Gasteiger partial charge in [0.15, 0.2) is 6.23 Å². The Bertz CT molecular complexity index is 417. The second-order valence-electron chi connectivity index (χ2n) is 4.02. The molecule has 1 aromatic rings. The molecule has 98 valence electrons. The fraction of sp³-hybridized carbons (Fsp3) is 0.455. The average Bonchev–Trinajstić information content (AvgIpc) is 2.17. The number of aryl methyl sites for hydroxylation is 1. The highest BCUT2D eigenvalue weighted by molar-refractivity contribution is 7.85. The molecule has 0 aromatic heterocycles. The van der Waals surface area contributed by atoms with Crippen molar-refractivity contribution in [2.75, 3.05) is 14.1 Å². The van der Waals surface area contributed by atoms with Crippen LogP contribution in [0.25, 0.3) is 0 Å². The third kappa shape index (κ3) is 7.06. The molecule has 1 aromatic carbocycles. The third-order valence-electron chi connectivity index (χ3n) is 2.15. The molecule has 0 bridgehead atoms. The molecule has 0 heterocycles. The van der Waals surface area contributed by atoms with Gasteiger partial charge < -0.3 is 14.6 Å². The van der Waals surface area contributed by atoms with Crippen molar-refractivity contribution in [1.82, 2.24) is 0 Å². The molecular formula is C11H19NO4S. The van der Waals surface area contributed by atoms with Crippen LogP contribution in [-0.2, 0) is 10.1 Å². The summed E-state index contributed by atoms with van der Waals surface area (Å²) in [5, 5.41) is 8.59. The zero-order valence-electron chi connectivity index (χ0n) is 10.5. The monoisotopic (exact) mass is 261 g/mol. The molecule has 0 spiro atoms. The second kappa shape index (κ2) is 6.70. The maximum Gasteiger partial charge on any atom is 0.185 e. The molecule has 0 aliphatic heterocycles. The summed E-state index contributed by atoms with van der Waals surface area (Å²) < 4.78 is 31.2. The van der Waals surface area contributed by atoms with Gasteiger partial charge in [-0.25, -0.2) is 8.42 Å². The first kappa shape index (κ1) is 16.1. The van der Waals surface area contributed by atoms with Gasteiger partial charge in [0.2, 0.25) is 0 Å². The van der Waals surface area contributed by atoms with E-state index in [-0.39, 0.29) is 11.1 Å². The summed E-state index contributed by atoms with van der Waals surface area (Å²) in [4.78, 5) is 0.887. The molecule has 0 aliphatic rings. The molecule has 1 atom stereocenters. The van der Waals surface area contributed by atoms with E-state index in [0.29, 0.717) is 0 Å². The largest absolute Gasteiger partial charge is 0.744 e. The lowest BCUT2D eigenvalue weighted by Gasteiger charge is -2.08. The van der Waals surface area contributed by atoms with Crippen LogP contribution in [-0.4, -0.2) is 38.4 Å². The summed E-state index contributed by atoms with van der Waals surface area (Å²) in [7, 11) is -0.455. The lowest BCUT2D eigenvalue weighted by molar-refractivity contribution is -0.907. The number of nitrogens with one attached hydrogen (secondary N) is 1. The molecule has 0 aliphatic carbocycles. The van der Waals surface area contributed by atoms with Gasteiger partial charge in [0.1, 0.15) is 10.1 Å². The summed E-state index contributed by atoms with van der Waals surface area (Å²) >= 11 is 0. The molecule has 0 amide bonds. The predicted molar refractivity (Wildman–Crippen MR) is 63.6 cm³/mol. The molecule has 0 saturated heterocycles. The molecule has 2 N–H and O–H groups in total. The fourth-order valence-electron chi connectivity index (χ4n) is 0.705. The Hall–Kier alpha value is -0.950. The van der Waals surface area contributed by atoms with Crippen LogP contribution in [0.15, 0.2) is 29.2 Å². The van der Waals surface area contributed by atoms with Crippen LogP contribution >= 0.6 is 0 Å². The first-order valence-electron chi connectivity index (χ1n) is 5.15. The Balaban J connectivity index is 0.000000366. The SMILES string of the molecule is CC(O)[NH+](C)C.Cc1ccc(S(=O)(=O)[O-])cc1. The number of hydrogen-bond acceptors (Lipinski definition) is 4. The standard InChI is InChI=1S/C7H8O3S.C4H11NO/c1-6-2-4-7(5-3-6)11(8,9)10;1-4(6)5(2)3/h2-5H,1H3,(H,8,9,10);4,6H,1-3H3. The van der Waals surface area contributed by atoms with Crippen LogP contribution in [0, 0.1) is 6.92 Å². The van der Waals surface area contributed by atoms with Crippen LogP contribution < -0.4 is 4.90 Å². The number of aliphatic hydroxyl groups excluding tert-OH is 1. The summed E-state index contributed by atoms with van der Waals surface area (Å²) in [5.74, 6) is 0. The van der Waals surface area contributed by atoms with Crippen molar-refractivity contribution in [3.8, 4) is 0 Å². The van der Waals surface area contributed by atoms with Crippen LogP contribution in [0.5, 0.6) is 0 Å². The Morgan fingerprint density at radius 3 is 1.82 bits per heavy atom. The van der Waals surface area contributed by atoms with Crippen LogP contribution in [0.3, 0.4) is 0 Å². The molecule has 0 saturated carbocycles. The van der Waals surface area contributed by atoms with E-state index in [9.17, 15) is 13.0 Å². The lowest BCUT2D eigenvalue weighted by Crippen LogP contribution is -3.09. The maximum atomic E-state index is 10.4. The molecule has 0 fully saturated rings. The van der Waals surface area contributed by atoms with E-state index in [1.165, 1.54) is 12.1 Å². The van der Waals surface area contributed by atoms with Crippen LogP contribution in [0.4, 0.5) is 0 Å². The molecule has 17 heavy (non-hydrogen) atoms. The number of quaternary nitrogens is 1. The van der Waals surface area contributed by atoms with Crippen molar-refractivity contribution in [1.29, 1.82) is 0 Å². The van der Waals surface area contributed by atoms with E-state index >= 15 is 0 Å². The Kier molecular flexibility index (Phi) is 6.33. The van der Waals surface area contributed by atoms with Gasteiger partial charge in [0.25, 0.3) is 0 Å². The Morgan fingerprint density at radius 2 is 1.59 bits per heavy atom. The summed E-state index contributed by atoms with van der Waals surface area (Å²) in [6.07, 6.45) is -0.231. The molecule has 1 unspecified atom stereocenters. The van der Waals surface area contributed by atoms with Gasteiger partial charge in [-0.15, -0.1) is 0 Å². The highest BCUT2D eigenvalue weighted by atomic mass is 32.2. The van der Waals surface area contributed by atoms with Gasteiger partial charge in [-0.05, 0) is 19.1 Å². The van der Waals surface area contributed by atoms with Crippen molar-refractivity contribution in [3.63, 3.8) is 0 Å². The molecule has 0 radical (unpaired) electrons. The highest BCUT2D eigenvalue weighted by Gasteiger charge is 1.98. The van der Waals surface area contributed by atoms with E-state index in [4.69, 9.17) is 5.11 Å². The Morgan fingerprint density at radius 1 is 1.24 bits per heavy atom. The molecule has 5 nitrogen and oxygen atoms in total. The molecule has 6 heteroatoms. The summed E-state index contributed by atoms with van der Waals surface area (Å²) in [6.45, 7) is 3.58. The van der Waals surface area contributed by atoms with E-state index < -0.39 is 10.1 Å². The minimum Gasteiger partial charge on any atom is -0.744 e. The minimum atomic E-state index is -4.27. The topological polar surface area (TPSA) is 81.9 Å². The van der Waals surface area contributed by atoms with Gasteiger partial charge in [-0.2, -0.15) is 0 Å². The van der Waals surface area contributed by atoms with Crippen LogP contribution in [0.2, 0.25) is 0 Å². The van der Waals surface area contributed by atoms with Gasteiger partial charge >= 0.3 is 0 Å². The third-order valence-corrected chi connectivity index (χ3v) is 2.99. The summed E-state index contributed by atoms with van der Waals surface area (Å²) in [6, 6.07) is 5.78. The zero-order valence-corrected chi connectivity index (χ0v) is 11.3. The van der Waals surface area contributed by atoms with E-state index in [1.54, 1.807) is 19.1 Å². The van der Waals surface area contributed by atoms with E-state index in [1.807, 2.05) is 21.0 Å². The smallest absolute Gasteiger partial charge is 0.185 e. The first-order chi connectivity index (χ1) is 7.64. The Labute approximate surface area is 102 Å². The van der Waals surface area contributed by atoms with Crippen molar-refractivity contribution in [2.24, 2.45) is 0 Å². The minimum absolute atomic E-state index is 0.178. The number of hydrogen-bond donors (Lipinski definition) is 2. The van der Waals surface area contributed by atoms with E-state index in [0.717, 1.165) is 10.5 Å². The van der Waals surface area contributed by atoms with E-state index in [2.05, 4.69) is 0 Å². The lowest BCUT2D eigenvalue weighted by atomic mass is 10.2. The first-order valence-corrected chi connectivity index (χ1v) is 6.56. The van der Waals surface area contributed by atoms with Crippen molar-refractivity contribution in [2.45, 2.75) is 25.0 Å². The van der Waals surface area contributed by atoms with Crippen molar-refractivity contribution in [3.05, 3.63) is 29.8 Å². The summed E-state index contributed by atoms with van der Waals surface area (Å²) in [5.41, 5.74) is 0.928. The zero-order chi connectivity index (χ0) is 13.6. The quantitative estimate of drug-likeness (QED) is 0.548. The predicted octanol–water partition coefficient (Wildman–Crippen LogP) is -0.632. The highest BCUT2D eigenvalue weighted by Crippen LogP contribution is 2.08. The molecule has 1 rings (SSSR count). The number of benzene rings is 1. The number of aliphatic hydroxyl groups is 1. The van der Waals surface area contributed by atoms with Gasteiger partial charge in [0, 0.05) is 6.92 Å². The average molecular weight is 261 g/mol. The second-order valence-corrected chi connectivity index (χ2v) is 5.40. The fourth-order valence-corrected chi connectivity index (χ4v) is 1.17. The van der Waals surface area contributed by atoms with Crippen molar-refractivity contribution < 1.29 is 23.0 Å². The maximum absolute atomic E-state index is 10.4.